The zero-order valence-electron chi connectivity index (χ0n) is 12.7. The van der Waals surface area contributed by atoms with Crippen LogP contribution in [0.2, 0.25) is 0 Å². The van der Waals surface area contributed by atoms with E-state index in [0.717, 1.165) is 25.2 Å². The van der Waals surface area contributed by atoms with Crippen molar-refractivity contribution >= 4 is 11.8 Å². The lowest BCUT2D eigenvalue weighted by atomic mass is 10.0. The Labute approximate surface area is 125 Å². The van der Waals surface area contributed by atoms with E-state index in [2.05, 4.69) is 29.4 Å². The zero-order valence-corrected chi connectivity index (χ0v) is 12.7. The minimum absolute atomic E-state index is 0.0714. The van der Waals surface area contributed by atoms with Crippen LogP contribution in [0.5, 0.6) is 0 Å². The summed E-state index contributed by atoms with van der Waals surface area (Å²) in [6.07, 6.45) is 0.234. The highest BCUT2D eigenvalue weighted by Crippen LogP contribution is 2.15. The zero-order chi connectivity index (χ0) is 15.3. The molecule has 114 valence electrons. The van der Waals surface area contributed by atoms with Crippen molar-refractivity contribution < 1.29 is 9.59 Å². The van der Waals surface area contributed by atoms with Gasteiger partial charge in [-0.3, -0.25) is 19.8 Å². The second kappa shape index (κ2) is 6.83. The lowest BCUT2D eigenvalue weighted by molar-refractivity contribution is -0.131. The van der Waals surface area contributed by atoms with E-state index in [9.17, 15) is 9.59 Å². The Hall–Kier alpha value is -1.72. The number of amides is 2. The second-order valence-corrected chi connectivity index (χ2v) is 6.04. The molecule has 2 amide bonds. The molecule has 0 saturated carbocycles. The van der Waals surface area contributed by atoms with Crippen LogP contribution in [0.15, 0.2) is 30.3 Å². The number of nitrogens with zero attached hydrogens (tertiary/aromatic N) is 1. The van der Waals surface area contributed by atoms with Crippen molar-refractivity contribution in [2.45, 2.75) is 25.8 Å². The summed E-state index contributed by atoms with van der Waals surface area (Å²) >= 11 is 0. The predicted octanol–water partition coefficient (Wildman–Crippen LogP) is 0.556. The van der Waals surface area contributed by atoms with Gasteiger partial charge in [0.2, 0.25) is 11.8 Å². The molecule has 0 radical (unpaired) electrons. The maximum Gasteiger partial charge on any atom is 0.240 e. The fourth-order valence-electron chi connectivity index (χ4n) is 2.51. The number of nitrogens with one attached hydrogen (secondary N) is 2. The Morgan fingerprint density at radius 2 is 1.95 bits per heavy atom. The highest BCUT2D eigenvalue weighted by molar-refractivity contribution is 5.96. The van der Waals surface area contributed by atoms with Gasteiger partial charge in [0.15, 0.2) is 0 Å². The lowest BCUT2D eigenvalue weighted by Gasteiger charge is -2.42. The van der Waals surface area contributed by atoms with E-state index in [1.54, 1.807) is 0 Å². The van der Waals surface area contributed by atoms with Gasteiger partial charge in [-0.25, -0.2) is 0 Å². The summed E-state index contributed by atoms with van der Waals surface area (Å²) < 4.78 is 0. The summed E-state index contributed by atoms with van der Waals surface area (Å²) in [7, 11) is 0. The standard InChI is InChI=1S/C16H23N3O2/c1-16(2)12-17-8-9-19(16)11-15(21)18-14(20)10-13-6-4-3-5-7-13/h3-7,17H,8-12H2,1-2H3,(H,18,20,21). The maximum atomic E-state index is 12.0. The molecule has 5 heteroatoms. The topological polar surface area (TPSA) is 61.4 Å². The van der Waals surface area contributed by atoms with E-state index in [0.29, 0.717) is 0 Å². The van der Waals surface area contributed by atoms with Gasteiger partial charge < -0.3 is 5.32 Å². The molecular weight excluding hydrogens is 266 g/mol. The van der Waals surface area contributed by atoms with Crippen LogP contribution in [0.25, 0.3) is 0 Å². The molecule has 0 bridgehead atoms. The van der Waals surface area contributed by atoms with E-state index in [1.165, 1.54) is 0 Å². The molecule has 1 fully saturated rings. The summed E-state index contributed by atoms with van der Waals surface area (Å²) in [5, 5.41) is 5.78. The van der Waals surface area contributed by atoms with Crippen LogP contribution in [-0.4, -0.2) is 48.4 Å². The average Bonchev–Trinajstić information content (AvgIpc) is 2.42. The fraction of sp³-hybridized carbons (Fsp3) is 0.500. The summed E-state index contributed by atoms with van der Waals surface area (Å²) in [6.45, 7) is 6.98. The molecule has 5 nitrogen and oxygen atoms in total. The molecular formula is C16H23N3O2. The van der Waals surface area contributed by atoms with Gasteiger partial charge in [0.05, 0.1) is 13.0 Å². The fourth-order valence-corrected chi connectivity index (χ4v) is 2.51. The molecule has 0 aromatic heterocycles. The summed E-state index contributed by atoms with van der Waals surface area (Å²) in [5.74, 6) is -0.481. The minimum Gasteiger partial charge on any atom is -0.314 e. The van der Waals surface area contributed by atoms with E-state index >= 15 is 0 Å². The number of rotatable bonds is 4. The highest BCUT2D eigenvalue weighted by atomic mass is 16.2. The van der Waals surface area contributed by atoms with Crippen molar-refractivity contribution in [1.29, 1.82) is 0 Å². The molecule has 21 heavy (non-hydrogen) atoms. The van der Waals surface area contributed by atoms with E-state index in [4.69, 9.17) is 0 Å². The largest absolute Gasteiger partial charge is 0.314 e. The van der Waals surface area contributed by atoms with Crippen molar-refractivity contribution in [2.24, 2.45) is 0 Å². The van der Waals surface area contributed by atoms with E-state index < -0.39 is 0 Å². The number of hydrogen-bond donors (Lipinski definition) is 2. The van der Waals surface area contributed by atoms with Gasteiger partial charge in [-0.05, 0) is 19.4 Å². The third kappa shape index (κ3) is 4.65. The Bertz CT molecular complexity index is 500. The lowest BCUT2D eigenvalue weighted by Crippen LogP contribution is -2.60. The van der Waals surface area contributed by atoms with Crippen LogP contribution in [0.3, 0.4) is 0 Å². The molecule has 0 aliphatic carbocycles. The molecule has 1 aliphatic rings. The molecule has 2 rings (SSSR count). The van der Waals surface area contributed by atoms with Gasteiger partial charge in [0.25, 0.3) is 0 Å². The molecule has 1 aromatic rings. The molecule has 1 aliphatic heterocycles. The van der Waals surface area contributed by atoms with Gasteiger partial charge in [0.1, 0.15) is 0 Å². The first kappa shape index (κ1) is 15.7. The quantitative estimate of drug-likeness (QED) is 0.850. The van der Waals surface area contributed by atoms with Gasteiger partial charge in [-0.1, -0.05) is 30.3 Å². The van der Waals surface area contributed by atoms with Crippen LogP contribution in [-0.2, 0) is 16.0 Å². The number of carbonyl (C=O) groups is 2. The first-order valence-corrected chi connectivity index (χ1v) is 7.30. The average molecular weight is 289 g/mol. The number of hydrogen-bond acceptors (Lipinski definition) is 4. The van der Waals surface area contributed by atoms with Crippen molar-refractivity contribution in [3.8, 4) is 0 Å². The van der Waals surface area contributed by atoms with Crippen LogP contribution in [0.4, 0.5) is 0 Å². The predicted molar refractivity (Wildman–Crippen MR) is 81.8 cm³/mol. The molecule has 0 unspecified atom stereocenters. The van der Waals surface area contributed by atoms with E-state index in [-0.39, 0.29) is 30.3 Å². The van der Waals surface area contributed by atoms with Crippen molar-refractivity contribution in [3.05, 3.63) is 35.9 Å². The summed E-state index contributed by atoms with van der Waals surface area (Å²) in [6, 6.07) is 9.42. The molecule has 0 spiro atoms. The number of piperazine rings is 1. The van der Waals surface area contributed by atoms with Crippen LogP contribution in [0, 0.1) is 0 Å². The summed E-state index contributed by atoms with van der Waals surface area (Å²) in [5.41, 5.74) is 0.836. The first-order valence-electron chi connectivity index (χ1n) is 7.30. The molecule has 2 N–H and O–H groups in total. The van der Waals surface area contributed by atoms with Gasteiger partial charge in [0, 0.05) is 25.2 Å². The Morgan fingerprint density at radius 1 is 1.24 bits per heavy atom. The van der Waals surface area contributed by atoms with E-state index in [1.807, 2.05) is 30.3 Å². The number of benzene rings is 1. The maximum absolute atomic E-state index is 12.0. The van der Waals surface area contributed by atoms with Gasteiger partial charge in [-0.15, -0.1) is 0 Å². The second-order valence-electron chi connectivity index (χ2n) is 6.04. The van der Waals surface area contributed by atoms with Crippen LogP contribution in [0.1, 0.15) is 19.4 Å². The number of carbonyl (C=O) groups excluding carboxylic acids is 2. The molecule has 1 heterocycles. The van der Waals surface area contributed by atoms with Crippen molar-refractivity contribution in [2.75, 3.05) is 26.2 Å². The minimum atomic E-state index is -0.251. The van der Waals surface area contributed by atoms with Crippen LogP contribution < -0.4 is 10.6 Å². The third-order valence-electron chi connectivity index (χ3n) is 3.79. The molecule has 1 saturated heterocycles. The van der Waals surface area contributed by atoms with Gasteiger partial charge >= 0.3 is 0 Å². The Balaban J connectivity index is 1.82. The van der Waals surface area contributed by atoms with Crippen LogP contribution >= 0.6 is 0 Å². The first-order chi connectivity index (χ1) is 9.97. The van der Waals surface area contributed by atoms with Crippen molar-refractivity contribution in [1.82, 2.24) is 15.5 Å². The van der Waals surface area contributed by atoms with Gasteiger partial charge in [-0.2, -0.15) is 0 Å². The number of imide groups is 1. The van der Waals surface area contributed by atoms with Crippen molar-refractivity contribution in [3.63, 3.8) is 0 Å². The SMILES string of the molecule is CC1(C)CNCCN1CC(=O)NC(=O)Cc1ccccc1. The Morgan fingerprint density at radius 3 is 2.62 bits per heavy atom. The smallest absolute Gasteiger partial charge is 0.240 e. The summed E-state index contributed by atoms with van der Waals surface area (Å²) in [4.78, 5) is 26.0. The monoisotopic (exact) mass is 289 g/mol. The highest BCUT2D eigenvalue weighted by Gasteiger charge is 2.30. The normalized spacial score (nSPS) is 18.2. The molecule has 1 aromatic carbocycles. The third-order valence-corrected chi connectivity index (χ3v) is 3.79. The molecule has 0 atom stereocenters. The Kier molecular flexibility index (Phi) is 5.09.